The maximum absolute atomic E-state index is 13.4. The SMILES string of the molecule is C=CC(=O)OCCCNC(=O)c1cc(NC(=O)c2ccc3c(c2)C(=O)c2ccccc2C3=O)cc(C(=O)NCCCCN(CC)CC)c1. The number of rotatable bonds is 16. The molecule has 250 valence electrons. The first-order valence-electron chi connectivity index (χ1n) is 16.0. The van der Waals surface area contributed by atoms with Crippen molar-refractivity contribution >= 4 is 40.9 Å². The van der Waals surface area contributed by atoms with E-state index in [2.05, 4.69) is 41.3 Å². The number of hydrogen-bond donors (Lipinski definition) is 3. The number of unbranched alkanes of at least 4 members (excludes halogenated alkanes) is 1. The fourth-order valence-corrected chi connectivity index (χ4v) is 5.32. The molecule has 11 heteroatoms. The van der Waals surface area contributed by atoms with Crippen LogP contribution in [0, 0.1) is 0 Å². The Hall–Kier alpha value is -5.42. The maximum Gasteiger partial charge on any atom is 0.330 e. The second-order valence-corrected chi connectivity index (χ2v) is 11.2. The van der Waals surface area contributed by atoms with Crippen molar-refractivity contribution < 1.29 is 33.5 Å². The Morgan fingerprint density at radius 3 is 1.90 bits per heavy atom. The lowest BCUT2D eigenvalue weighted by Gasteiger charge is -2.18. The highest BCUT2D eigenvalue weighted by atomic mass is 16.5. The van der Waals surface area contributed by atoms with E-state index in [-0.39, 0.29) is 63.8 Å². The van der Waals surface area contributed by atoms with Crippen molar-refractivity contribution in [1.29, 1.82) is 0 Å². The first-order valence-corrected chi connectivity index (χ1v) is 16.0. The molecule has 11 nitrogen and oxygen atoms in total. The number of nitrogens with one attached hydrogen (secondary N) is 3. The molecule has 3 N–H and O–H groups in total. The van der Waals surface area contributed by atoms with E-state index in [4.69, 9.17) is 4.74 Å². The van der Waals surface area contributed by atoms with Gasteiger partial charge in [0.15, 0.2) is 11.6 Å². The van der Waals surface area contributed by atoms with Crippen LogP contribution in [0.15, 0.2) is 73.3 Å². The molecule has 4 rings (SSSR count). The highest BCUT2D eigenvalue weighted by Gasteiger charge is 2.30. The van der Waals surface area contributed by atoms with Gasteiger partial charge in [0.1, 0.15) is 0 Å². The number of nitrogens with zero attached hydrogens (tertiary/aromatic N) is 1. The lowest BCUT2D eigenvalue weighted by molar-refractivity contribution is -0.137. The van der Waals surface area contributed by atoms with Gasteiger partial charge in [-0.25, -0.2) is 4.79 Å². The molecule has 3 aromatic carbocycles. The quantitative estimate of drug-likeness (QED) is 0.0915. The summed E-state index contributed by atoms with van der Waals surface area (Å²) in [7, 11) is 0. The molecule has 0 unspecified atom stereocenters. The van der Waals surface area contributed by atoms with Gasteiger partial charge in [-0.15, -0.1) is 0 Å². The average Bonchev–Trinajstić information content (AvgIpc) is 3.11. The standard InChI is InChI=1S/C37H40N4O7/c1-4-32(42)48-19-11-17-39-36(46)26-20-25(35(45)38-16-9-10-18-41(5-2)6-3)21-27(22-26)40-37(47)24-14-15-30-31(23-24)34(44)29-13-8-7-12-28(29)33(30)43/h4,7-8,12-15,20-23H,1,5-6,9-11,16-19H2,2-3H3,(H,38,45)(H,39,46)(H,40,47). The number of anilines is 1. The minimum Gasteiger partial charge on any atom is -0.462 e. The summed E-state index contributed by atoms with van der Waals surface area (Å²) in [6.07, 6.45) is 3.09. The number of carbonyl (C=O) groups excluding carboxylic acids is 6. The van der Waals surface area contributed by atoms with Crippen LogP contribution >= 0.6 is 0 Å². The van der Waals surface area contributed by atoms with Gasteiger partial charge in [-0.05, 0) is 75.3 Å². The second-order valence-electron chi connectivity index (χ2n) is 11.2. The molecule has 0 bridgehead atoms. The van der Waals surface area contributed by atoms with Crippen LogP contribution in [-0.4, -0.2) is 79.5 Å². The van der Waals surface area contributed by atoms with E-state index in [0.717, 1.165) is 38.6 Å². The van der Waals surface area contributed by atoms with Crippen molar-refractivity contribution in [2.75, 3.05) is 44.6 Å². The summed E-state index contributed by atoms with van der Waals surface area (Å²) in [6, 6.07) is 15.2. The molecule has 0 heterocycles. The summed E-state index contributed by atoms with van der Waals surface area (Å²) in [5.74, 6) is -2.71. The molecule has 3 amide bonds. The molecular formula is C37H40N4O7. The molecular weight excluding hydrogens is 612 g/mol. The minimum atomic E-state index is -0.596. The third-order valence-electron chi connectivity index (χ3n) is 8.00. The first kappa shape index (κ1) is 35.4. The first-order chi connectivity index (χ1) is 23.2. The minimum absolute atomic E-state index is 0.0869. The normalized spacial score (nSPS) is 11.7. The van der Waals surface area contributed by atoms with Crippen molar-refractivity contribution in [3.05, 3.63) is 112 Å². The Balaban J connectivity index is 1.50. The predicted octanol–water partition coefficient (Wildman–Crippen LogP) is 4.42. The Labute approximate surface area is 279 Å². The van der Waals surface area contributed by atoms with Gasteiger partial charge in [0.25, 0.3) is 17.7 Å². The van der Waals surface area contributed by atoms with E-state index in [1.807, 2.05) is 0 Å². The van der Waals surface area contributed by atoms with Gasteiger partial charge in [-0.3, -0.25) is 24.0 Å². The molecule has 48 heavy (non-hydrogen) atoms. The number of esters is 1. The third-order valence-corrected chi connectivity index (χ3v) is 8.00. The number of amides is 3. The molecule has 0 saturated heterocycles. The Morgan fingerprint density at radius 1 is 0.708 bits per heavy atom. The molecule has 0 atom stereocenters. The zero-order valence-corrected chi connectivity index (χ0v) is 27.2. The van der Waals surface area contributed by atoms with E-state index in [9.17, 15) is 28.8 Å². The summed E-state index contributed by atoms with van der Waals surface area (Å²) in [5.41, 5.74) is 1.53. The number of ether oxygens (including phenoxy) is 1. The van der Waals surface area contributed by atoms with Gasteiger partial charge in [-0.1, -0.05) is 44.7 Å². The van der Waals surface area contributed by atoms with E-state index in [1.54, 1.807) is 24.3 Å². The van der Waals surface area contributed by atoms with Crippen molar-refractivity contribution in [2.45, 2.75) is 33.1 Å². The topological polar surface area (TPSA) is 151 Å². The predicted molar refractivity (Wildman–Crippen MR) is 182 cm³/mol. The van der Waals surface area contributed by atoms with Gasteiger partial charge >= 0.3 is 5.97 Å². The fourth-order valence-electron chi connectivity index (χ4n) is 5.32. The Morgan fingerprint density at radius 2 is 1.29 bits per heavy atom. The van der Waals surface area contributed by atoms with Gasteiger partial charge in [0.05, 0.1) is 6.61 Å². The number of hydrogen-bond acceptors (Lipinski definition) is 8. The van der Waals surface area contributed by atoms with Gasteiger partial charge in [0, 0.05) is 63.8 Å². The summed E-state index contributed by atoms with van der Waals surface area (Å²) in [6.45, 7) is 11.1. The van der Waals surface area contributed by atoms with Crippen molar-refractivity contribution in [1.82, 2.24) is 15.5 Å². The lowest BCUT2D eigenvalue weighted by atomic mass is 9.83. The van der Waals surface area contributed by atoms with Crippen LogP contribution < -0.4 is 16.0 Å². The summed E-state index contributed by atoms with van der Waals surface area (Å²) in [5, 5.41) is 8.34. The summed E-state index contributed by atoms with van der Waals surface area (Å²) < 4.78 is 4.93. The number of ketones is 2. The van der Waals surface area contributed by atoms with Crippen LogP contribution in [0.2, 0.25) is 0 Å². The second kappa shape index (κ2) is 16.9. The summed E-state index contributed by atoms with van der Waals surface area (Å²) >= 11 is 0. The zero-order chi connectivity index (χ0) is 34.6. The van der Waals surface area contributed by atoms with E-state index in [0.29, 0.717) is 18.5 Å². The molecule has 0 aliphatic heterocycles. The molecule has 0 aromatic heterocycles. The largest absolute Gasteiger partial charge is 0.462 e. The van der Waals surface area contributed by atoms with Crippen LogP contribution in [0.1, 0.15) is 96.0 Å². The number of fused-ring (bicyclic) bond motifs is 2. The Kier molecular flexibility index (Phi) is 12.5. The molecule has 1 aliphatic rings. The molecule has 0 saturated carbocycles. The van der Waals surface area contributed by atoms with Crippen LogP contribution in [0.5, 0.6) is 0 Å². The molecule has 0 radical (unpaired) electrons. The fraction of sp³-hybridized carbons (Fsp3) is 0.297. The lowest BCUT2D eigenvalue weighted by Crippen LogP contribution is -2.28. The average molecular weight is 653 g/mol. The van der Waals surface area contributed by atoms with E-state index >= 15 is 0 Å². The highest BCUT2D eigenvalue weighted by Crippen LogP contribution is 2.28. The third kappa shape index (κ3) is 8.89. The smallest absolute Gasteiger partial charge is 0.330 e. The van der Waals surface area contributed by atoms with Gasteiger partial charge < -0.3 is 25.6 Å². The molecule has 1 aliphatic carbocycles. The highest BCUT2D eigenvalue weighted by molar-refractivity contribution is 6.29. The van der Waals surface area contributed by atoms with E-state index < -0.39 is 23.7 Å². The molecule has 0 fully saturated rings. The maximum atomic E-state index is 13.4. The molecule has 3 aromatic rings. The summed E-state index contributed by atoms with van der Waals surface area (Å²) in [4.78, 5) is 79.4. The van der Waals surface area contributed by atoms with Crippen molar-refractivity contribution in [2.24, 2.45) is 0 Å². The Bertz CT molecular complexity index is 1730. The van der Waals surface area contributed by atoms with Crippen LogP contribution in [0.3, 0.4) is 0 Å². The molecule has 0 spiro atoms. The number of carbonyl (C=O) groups is 6. The van der Waals surface area contributed by atoms with Gasteiger partial charge in [-0.2, -0.15) is 0 Å². The van der Waals surface area contributed by atoms with E-state index in [1.165, 1.54) is 36.4 Å². The monoisotopic (exact) mass is 652 g/mol. The zero-order valence-electron chi connectivity index (χ0n) is 27.2. The van der Waals surface area contributed by atoms with Crippen molar-refractivity contribution in [3.8, 4) is 0 Å². The van der Waals surface area contributed by atoms with Crippen LogP contribution in [0.4, 0.5) is 5.69 Å². The van der Waals surface area contributed by atoms with Crippen LogP contribution in [-0.2, 0) is 9.53 Å². The van der Waals surface area contributed by atoms with Crippen molar-refractivity contribution in [3.63, 3.8) is 0 Å². The van der Waals surface area contributed by atoms with Crippen LogP contribution in [0.25, 0.3) is 0 Å². The van der Waals surface area contributed by atoms with Gasteiger partial charge in [0.2, 0.25) is 0 Å². The number of benzene rings is 3.